The minimum Gasteiger partial charge on any atom is -0.497 e. The fourth-order valence-corrected chi connectivity index (χ4v) is 4.62. The van der Waals surface area contributed by atoms with Crippen LogP contribution in [0.4, 0.5) is 0 Å². The number of carbonyl (C=O) groups excluding carboxylic acids is 1. The number of hydrazone groups is 1. The molecule has 4 rings (SSSR count). The van der Waals surface area contributed by atoms with Crippen LogP contribution in [0.15, 0.2) is 81.5 Å². The van der Waals surface area contributed by atoms with Gasteiger partial charge in [0.2, 0.25) is 0 Å². The maximum atomic E-state index is 12.5. The van der Waals surface area contributed by atoms with Crippen LogP contribution in [0.5, 0.6) is 11.5 Å². The van der Waals surface area contributed by atoms with E-state index in [1.807, 2.05) is 78.2 Å². The van der Waals surface area contributed by atoms with Gasteiger partial charge in [0, 0.05) is 11.3 Å². The normalized spacial score (nSPS) is 11.0. The van der Waals surface area contributed by atoms with Gasteiger partial charge in [-0.2, -0.15) is 5.10 Å². The quantitative estimate of drug-likeness (QED) is 0.169. The molecule has 0 aliphatic carbocycles. The zero-order valence-electron chi connectivity index (χ0n) is 19.9. The van der Waals surface area contributed by atoms with Crippen molar-refractivity contribution in [1.82, 2.24) is 20.2 Å². The number of methoxy groups -OCH3 is 2. The van der Waals surface area contributed by atoms with Gasteiger partial charge in [-0.25, -0.2) is 5.43 Å². The first-order valence-corrected chi connectivity index (χ1v) is 12.7. The van der Waals surface area contributed by atoms with E-state index in [-0.39, 0.29) is 11.7 Å². The van der Waals surface area contributed by atoms with Gasteiger partial charge < -0.3 is 9.47 Å². The highest BCUT2D eigenvalue weighted by atomic mass is 79.9. The zero-order chi connectivity index (χ0) is 25.5. The lowest BCUT2D eigenvalue weighted by molar-refractivity contribution is -0.118. The third-order valence-corrected chi connectivity index (χ3v) is 6.73. The molecule has 184 valence electrons. The van der Waals surface area contributed by atoms with E-state index in [4.69, 9.17) is 9.47 Å². The van der Waals surface area contributed by atoms with Crippen molar-refractivity contribution in [3.8, 4) is 28.6 Å². The van der Waals surface area contributed by atoms with Gasteiger partial charge in [0.05, 0.1) is 30.7 Å². The molecule has 0 saturated heterocycles. The molecule has 8 nitrogen and oxygen atoms in total. The van der Waals surface area contributed by atoms with Crippen LogP contribution in [-0.2, 0) is 4.79 Å². The number of aryl methyl sites for hydroxylation is 1. The van der Waals surface area contributed by atoms with Crippen LogP contribution in [0.2, 0.25) is 0 Å². The number of hydrogen-bond donors (Lipinski definition) is 1. The van der Waals surface area contributed by atoms with Gasteiger partial charge in [-0.1, -0.05) is 41.6 Å². The monoisotopic (exact) mass is 565 g/mol. The van der Waals surface area contributed by atoms with Crippen molar-refractivity contribution in [1.29, 1.82) is 0 Å². The Morgan fingerprint density at radius 2 is 1.81 bits per heavy atom. The lowest BCUT2D eigenvalue weighted by atomic mass is 10.1. The Morgan fingerprint density at radius 3 is 2.47 bits per heavy atom. The summed E-state index contributed by atoms with van der Waals surface area (Å²) in [5.41, 5.74) is 6.32. The van der Waals surface area contributed by atoms with Crippen LogP contribution < -0.4 is 14.9 Å². The van der Waals surface area contributed by atoms with Crippen LogP contribution in [0.1, 0.15) is 11.1 Å². The lowest BCUT2D eigenvalue weighted by Gasteiger charge is -2.11. The number of halogens is 1. The molecule has 1 heterocycles. The number of benzene rings is 3. The second-order valence-electron chi connectivity index (χ2n) is 7.68. The van der Waals surface area contributed by atoms with E-state index in [2.05, 4.69) is 36.7 Å². The van der Waals surface area contributed by atoms with Gasteiger partial charge in [0.25, 0.3) is 5.91 Å². The number of hydrogen-bond acceptors (Lipinski definition) is 7. The molecule has 0 fully saturated rings. The van der Waals surface area contributed by atoms with E-state index in [0.29, 0.717) is 11.0 Å². The van der Waals surface area contributed by atoms with Crippen LogP contribution in [0, 0.1) is 6.92 Å². The molecule has 0 unspecified atom stereocenters. The zero-order valence-corrected chi connectivity index (χ0v) is 22.3. The average molecular weight is 566 g/mol. The number of carbonyl (C=O) groups is 1. The standard InChI is InChI=1S/C26H24BrN5O3S/c1-17-4-7-19(8-5-17)25-30-31-26(32(25)20-9-11-21(34-2)12-10-20)36-16-24(33)29-28-15-18-6-13-23(35-3)22(27)14-18/h4-15H,16H2,1-3H3,(H,29,33)/b28-15-. The Morgan fingerprint density at radius 1 is 1.06 bits per heavy atom. The summed E-state index contributed by atoms with van der Waals surface area (Å²) >= 11 is 4.72. The van der Waals surface area contributed by atoms with E-state index in [1.165, 1.54) is 11.8 Å². The minimum atomic E-state index is -0.259. The first-order chi connectivity index (χ1) is 17.5. The highest BCUT2D eigenvalue weighted by molar-refractivity contribution is 9.10. The third kappa shape index (κ3) is 6.13. The SMILES string of the molecule is COc1ccc(-n2c(SCC(=O)N/N=C\c3ccc(OC)c(Br)c3)nnc2-c2ccc(C)cc2)cc1. The Labute approximate surface area is 221 Å². The summed E-state index contributed by atoms with van der Waals surface area (Å²) in [6.07, 6.45) is 1.57. The molecule has 3 aromatic carbocycles. The molecular formula is C26H24BrN5O3S. The molecule has 0 spiro atoms. The number of nitrogens with one attached hydrogen (secondary N) is 1. The van der Waals surface area contributed by atoms with Gasteiger partial charge >= 0.3 is 0 Å². The summed E-state index contributed by atoms with van der Waals surface area (Å²) < 4.78 is 13.2. The Bertz CT molecular complexity index is 1370. The van der Waals surface area contributed by atoms with Crippen molar-refractivity contribution >= 4 is 39.8 Å². The summed E-state index contributed by atoms with van der Waals surface area (Å²) in [6.45, 7) is 2.04. The molecule has 0 saturated carbocycles. The van der Waals surface area contributed by atoms with E-state index in [1.54, 1.807) is 20.4 Å². The van der Waals surface area contributed by atoms with E-state index < -0.39 is 0 Å². The van der Waals surface area contributed by atoms with E-state index >= 15 is 0 Å². The number of ether oxygens (including phenoxy) is 2. The van der Waals surface area contributed by atoms with Gasteiger partial charge in [0.1, 0.15) is 11.5 Å². The Kier molecular flexibility index (Phi) is 8.40. The predicted molar refractivity (Wildman–Crippen MR) is 145 cm³/mol. The largest absolute Gasteiger partial charge is 0.497 e. The molecule has 0 atom stereocenters. The fourth-order valence-electron chi connectivity index (χ4n) is 3.32. The summed E-state index contributed by atoms with van der Waals surface area (Å²) in [6, 6.07) is 21.2. The fraction of sp³-hybridized carbons (Fsp3) is 0.154. The number of aromatic nitrogens is 3. The summed E-state index contributed by atoms with van der Waals surface area (Å²) in [5, 5.41) is 13.4. The second kappa shape index (κ2) is 11.9. The van der Waals surface area contributed by atoms with Crippen molar-refractivity contribution < 1.29 is 14.3 Å². The Balaban J connectivity index is 1.49. The van der Waals surface area contributed by atoms with Crippen molar-refractivity contribution in [3.63, 3.8) is 0 Å². The van der Waals surface area contributed by atoms with Crippen molar-refractivity contribution in [2.45, 2.75) is 12.1 Å². The molecular weight excluding hydrogens is 542 g/mol. The number of rotatable bonds is 9. The maximum Gasteiger partial charge on any atom is 0.250 e. The smallest absolute Gasteiger partial charge is 0.250 e. The average Bonchev–Trinajstić information content (AvgIpc) is 3.32. The van der Waals surface area contributed by atoms with Gasteiger partial charge in [-0.15, -0.1) is 10.2 Å². The molecule has 1 aromatic heterocycles. The molecule has 36 heavy (non-hydrogen) atoms. The summed E-state index contributed by atoms with van der Waals surface area (Å²) in [5.74, 6) is 2.01. The van der Waals surface area contributed by atoms with Gasteiger partial charge in [0.15, 0.2) is 11.0 Å². The van der Waals surface area contributed by atoms with Crippen molar-refractivity contribution in [2.24, 2.45) is 5.10 Å². The molecule has 0 bridgehead atoms. The van der Waals surface area contributed by atoms with Crippen molar-refractivity contribution in [3.05, 3.63) is 82.3 Å². The van der Waals surface area contributed by atoms with Crippen LogP contribution >= 0.6 is 27.7 Å². The molecule has 4 aromatic rings. The van der Waals surface area contributed by atoms with Crippen molar-refractivity contribution in [2.75, 3.05) is 20.0 Å². The highest BCUT2D eigenvalue weighted by Gasteiger charge is 2.17. The molecule has 10 heteroatoms. The second-order valence-corrected chi connectivity index (χ2v) is 9.48. The van der Waals surface area contributed by atoms with E-state index in [9.17, 15) is 4.79 Å². The van der Waals surface area contributed by atoms with Gasteiger partial charge in [-0.05, 0) is 70.9 Å². The first-order valence-electron chi connectivity index (χ1n) is 10.9. The highest BCUT2D eigenvalue weighted by Crippen LogP contribution is 2.29. The summed E-state index contributed by atoms with van der Waals surface area (Å²) in [7, 11) is 3.23. The topological polar surface area (TPSA) is 90.6 Å². The number of nitrogens with zero attached hydrogens (tertiary/aromatic N) is 4. The molecule has 1 N–H and O–H groups in total. The minimum absolute atomic E-state index is 0.117. The first kappa shape index (κ1) is 25.5. The lowest BCUT2D eigenvalue weighted by Crippen LogP contribution is -2.20. The molecule has 1 amide bonds. The van der Waals surface area contributed by atoms with Crippen LogP contribution in [-0.4, -0.2) is 46.9 Å². The molecule has 0 radical (unpaired) electrons. The maximum absolute atomic E-state index is 12.5. The number of amides is 1. The number of thioether (sulfide) groups is 1. The van der Waals surface area contributed by atoms with Crippen LogP contribution in [0.3, 0.4) is 0 Å². The Hall–Kier alpha value is -3.63. The van der Waals surface area contributed by atoms with Crippen LogP contribution in [0.25, 0.3) is 17.1 Å². The summed E-state index contributed by atoms with van der Waals surface area (Å²) in [4.78, 5) is 12.5. The molecule has 0 aliphatic rings. The molecule has 0 aliphatic heterocycles. The van der Waals surface area contributed by atoms with E-state index in [0.717, 1.165) is 38.3 Å². The van der Waals surface area contributed by atoms with Gasteiger partial charge in [-0.3, -0.25) is 9.36 Å². The predicted octanol–water partition coefficient (Wildman–Crippen LogP) is 5.26. The third-order valence-electron chi connectivity index (χ3n) is 5.18.